The lowest BCUT2D eigenvalue weighted by molar-refractivity contribution is 0.0532. The van der Waals surface area contributed by atoms with Crippen LogP contribution in [0.3, 0.4) is 0 Å². The lowest BCUT2D eigenvalue weighted by Crippen LogP contribution is -2.06. The van der Waals surface area contributed by atoms with Crippen LogP contribution in [0.15, 0.2) is 11.1 Å². The highest BCUT2D eigenvalue weighted by Crippen LogP contribution is 2.42. The summed E-state index contributed by atoms with van der Waals surface area (Å²) in [5, 5.41) is 9.95. The molecule has 0 bridgehead atoms. The van der Waals surface area contributed by atoms with E-state index in [2.05, 4.69) is 11.1 Å². The summed E-state index contributed by atoms with van der Waals surface area (Å²) in [5.74, 6) is -0.344. The van der Waals surface area contributed by atoms with E-state index >= 15 is 0 Å². The van der Waals surface area contributed by atoms with Gasteiger partial charge in [0.2, 0.25) is 0 Å². The zero-order chi connectivity index (χ0) is 14.7. The van der Waals surface area contributed by atoms with Crippen molar-refractivity contribution in [3.8, 4) is 6.07 Å². The third-order valence-corrected chi connectivity index (χ3v) is 4.65. The number of rotatable bonds is 4. The van der Waals surface area contributed by atoms with E-state index in [-0.39, 0.29) is 5.97 Å². The van der Waals surface area contributed by atoms with Crippen molar-refractivity contribution in [1.29, 1.82) is 5.26 Å². The van der Waals surface area contributed by atoms with Crippen molar-refractivity contribution in [2.45, 2.75) is 6.92 Å². The number of aliphatic imine (C=N–C) groups is 1. The van der Waals surface area contributed by atoms with E-state index in [0.29, 0.717) is 22.0 Å². The van der Waals surface area contributed by atoms with Gasteiger partial charge in [-0.1, -0.05) is 0 Å². The molecule has 0 spiro atoms. The summed E-state index contributed by atoms with van der Waals surface area (Å²) in [5.41, 5.74) is 0.517. The first-order chi connectivity index (χ1) is 9.56. The van der Waals surface area contributed by atoms with Crippen molar-refractivity contribution in [3.63, 3.8) is 0 Å². The smallest absolute Gasteiger partial charge is 0.348 e. The molecule has 0 aromatic carbocycles. The first-order valence-corrected chi connectivity index (χ1v) is 7.54. The van der Waals surface area contributed by atoms with Crippen molar-refractivity contribution in [3.05, 3.63) is 16.5 Å². The zero-order valence-electron chi connectivity index (χ0n) is 11.3. The van der Waals surface area contributed by atoms with Gasteiger partial charge in [0.15, 0.2) is 0 Å². The fourth-order valence-electron chi connectivity index (χ4n) is 1.54. The number of nitrogens with zero attached hydrogens (tertiary/aromatic N) is 3. The Kier molecular flexibility index (Phi) is 4.37. The first-order valence-electron chi connectivity index (χ1n) is 5.91. The second kappa shape index (κ2) is 6.03. The quantitative estimate of drug-likeness (QED) is 0.494. The van der Waals surface area contributed by atoms with Crippen LogP contribution in [-0.4, -0.2) is 37.9 Å². The van der Waals surface area contributed by atoms with Crippen LogP contribution >= 0.6 is 22.7 Å². The molecule has 0 aliphatic rings. The van der Waals surface area contributed by atoms with Crippen molar-refractivity contribution in [1.82, 2.24) is 4.90 Å². The van der Waals surface area contributed by atoms with E-state index in [4.69, 9.17) is 4.74 Å². The molecule has 5 nitrogen and oxygen atoms in total. The molecule has 0 radical (unpaired) electrons. The molecule has 0 amide bonds. The second-order valence-electron chi connectivity index (χ2n) is 4.13. The average Bonchev–Trinajstić information content (AvgIpc) is 2.93. The van der Waals surface area contributed by atoms with Crippen LogP contribution < -0.4 is 0 Å². The standard InChI is InChI=1S/C13H13N3O2S2/c1-4-18-13(17)10-5-9-11(19-10)8(6-14)12(20-9)15-7-16(2)3/h5,7H,4H2,1-3H3. The maximum atomic E-state index is 11.7. The Morgan fingerprint density at radius 3 is 2.90 bits per heavy atom. The van der Waals surface area contributed by atoms with Gasteiger partial charge in [0.1, 0.15) is 21.5 Å². The van der Waals surface area contributed by atoms with Crippen LogP contribution in [-0.2, 0) is 4.74 Å². The lowest BCUT2D eigenvalue weighted by Gasteiger charge is -2.00. The number of thiophene rings is 2. The predicted octanol–water partition coefficient (Wildman–Crippen LogP) is 3.23. The van der Waals surface area contributed by atoms with E-state index in [1.165, 1.54) is 22.7 Å². The summed E-state index contributed by atoms with van der Waals surface area (Å²) in [6, 6.07) is 3.93. The molecule has 7 heteroatoms. The minimum atomic E-state index is -0.344. The van der Waals surface area contributed by atoms with E-state index in [1.54, 1.807) is 24.2 Å². The van der Waals surface area contributed by atoms with Gasteiger partial charge in [-0.05, 0) is 13.0 Å². The van der Waals surface area contributed by atoms with Gasteiger partial charge in [-0.2, -0.15) is 5.26 Å². The topological polar surface area (TPSA) is 65.7 Å². The van der Waals surface area contributed by atoms with Gasteiger partial charge in [-0.3, -0.25) is 0 Å². The highest BCUT2D eigenvalue weighted by atomic mass is 32.1. The molecule has 2 rings (SSSR count). The van der Waals surface area contributed by atoms with Gasteiger partial charge in [-0.25, -0.2) is 9.79 Å². The number of carbonyl (C=O) groups is 1. The number of esters is 1. The Morgan fingerprint density at radius 2 is 2.30 bits per heavy atom. The summed E-state index contributed by atoms with van der Waals surface area (Å²) in [6.07, 6.45) is 1.66. The molecular weight excluding hydrogens is 294 g/mol. The number of hydrogen-bond donors (Lipinski definition) is 0. The largest absolute Gasteiger partial charge is 0.462 e. The second-order valence-corrected chi connectivity index (χ2v) is 6.21. The van der Waals surface area contributed by atoms with Gasteiger partial charge in [0, 0.05) is 18.8 Å². The molecule has 0 saturated carbocycles. The van der Waals surface area contributed by atoms with Gasteiger partial charge in [0.25, 0.3) is 0 Å². The molecule has 2 aromatic rings. The van der Waals surface area contributed by atoms with Gasteiger partial charge >= 0.3 is 5.97 Å². The van der Waals surface area contributed by atoms with Gasteiger partial charge < -0.3 is 9.64 Å². The number of ether oxygens (including phenoxy) is 1. The van der Waals surface area contributed by atoms with Crippen LogP contribution in [0.4, 0.5) is 5.00 Å². The molecule has 0 saturated heterocycles. The fourth-order valence-corrected chi connectivity index (χ4v) is 3.80. The molecule has 20 heavy (non-hydrogen) atoms. The van der Waals surface area contributed by atoms with Crippen molar-refractivity contribution in [2.24, 2.45) is 4.99 Å². The fraction of sp³-hybridized carbons (Fsp3) is 0.308. The highest BCUT2D eigenvalue weighted by molar-refractivity contribution is 7.30. The Morgan fingerprint density at radius 1 is 1.55 bits per heavy atom. The third kappa shape index (κ3) is 2.81. The molecule has 2 aromatic heterocycles. The van der Waals surface area contributed by atoms with E-state index in [1.807, 2.05) is 14.1 Å². The molecular formula is C13H13N3O2S2. The summed E-state index contributed by atoms with van der Waals surface area (Å²) in [4.78, 5) is 18.3. The highest BCUT2D eigenvalue weighted by Gasteiger charge is 2.18. The van der Waals surface area contributed by atoms with Crippen LogP contribution in [0.2, 0.25) is 0 Å². The van der Waals surface area contributed by atoms with Crippen LogP contribution in [0.5, 0.6) is 0 Å². The third-order valence-electron chi connectivity index (χ3n) is 2.34. The van der Waals surface area contributed by atoms with E-state index < -0.39 is 0 Å². The maximum absolute atomic E-state index is 11.7. The minimum absolute atomic E-state index is 0.341. The van der Waals surface area contributed by atoms with Gasteiger partial charge in [-0.15, -0.1) is 22.7 Å². The van der Waals surface area contributed by atoms with E-state index in [0.717, 1.165) is 9.40 Å². The number of hydrogen-bond acceptors (Lipinski definition) is 6. The molecule has 0 N–H and O–H groups in total. The Labute approximate surface area is 124 Å². The number of fused-ring (bicyclic) bond motifs is 1. The molecule has 0 aliphatic carbocycles. The maximum Gasteiger partial charge on any atom is 0.348 e. The number of nitriles is 1. The molecule has 0 unspecified atom stereocenters. The van der Waals surface area contributed by atoms with Crippen molar-refractivity contribution in [2.75, 3.05) is 20.7 Å². The van der Waals surface area contributed by atoms with Crippen molar-refractivity contribution < 1.29 is 9.53 Å². The zero-order valence-corrected chi connectivity index (χ0v) is 13.0. The average molecular weight is 307 g/mol. The lowest BCUT2D eigenvalue weighted by atomic mass is 10.3. The predicted molar refractivity (Wildman–Crippen MR) is 82.2 cm³/mol. The summed E-state index contributed by atoms with van der Waals surface area (Å²) >= 11 is 2.68. The molecule has 104 valence electrons. The van der Waals surface area contributed by atoms with E-state index in [9.17, 15) is 10.1 Å². The SMILES string of the molecule is CCOC(=O)c1cc2sc(N=CN(C)C)c(C#N)c2s1. The molecule has 2 heterocycles. The van der Waals surface area contributed by atoms with Crippen LogP contribution in [0.25, 0.3) is 9.40 Å². The Balaban J connectivity index is 2.44. The minimum Gasteiger partial charge on any atom is -0.462 e. The summed E-state index contributed by atoms with van der Waals surface area (Å²) in [7, 11) is 3.73. The molecule has 0 fully saturated rings. The first kappa shape index (κ1) is 14.5. The normalized spacial score (nSPS) is 10.9. The number of carbonyl (C=O) groups excluding carboxylic acids is 1. The summed E-state index contributed by atoms with van der Waals surface area (Å²) in [6.45, 7) is 2.11. The Hall–Kier alpha value is -1.91. The Bertz CT molecular complexity index is 707. The van der Waals surface area contributed by atoms with Crippen molar-refractivity contribution >= 4 is 49.4 Å². The monoisotopic (exact) mass is 307 g/mol. The molecule has 0 aliphatic heterocycles. The molecule has 0 atom stereocenters. The van der Waals surface area contributed by atoms with Crippen LogP contribution in [0.1, 0.15) is 22.2 Å². The summed E-state index contributed by atoms with van der Waals surface area (Å²) < 4.78 is 6.65. The van der Waals surface area contributed by atoms with Gasteiger partial charge in [0.05, 0.1) is 17.6 Å². The van der Waals surface area contributed by atoms with Crippen LogP contribution in [0, 0.1) is 11.3 Å².